The highest BCUT2D eigenvalue weighted by Gasteiger charge is 2.67. The highest BCUT2D eigenvalue weighted by Crippen LogP contribution is 2.69. The van der Waals surface area contributed by atoms with Crippen LogP contribution in [0.25, 0.3) is 11.3 Å². The molecule has 0 radical (unpaired) electrons. The topological polar surface area (TPSA) is 78.4 Å². The predicted octanol–water partition coefficient (Wildman–Crippen LogP) is 3.97. The molecule has 2 aromatic heterocycles. The molecule has 6 rings (SSSR count). The molecule has 2 aliphatic heterocycles. The lowest BCUT2D eigenvalue weighted by Crippen LogP contribution is -2.67. The van der Waals surface area contributed by atoms with E-state index in [-0.39, 0.29) is 11.9 Å². The number of anilines is 1. The highest BCUT2D eigenvalue weighted by atomic mass is 19.4. The van der Waals surface area contributed by atoms with Crippen LogP contribution in [0.3, 0.4) is 0 Å². The Balaban J connectivity index is 1.24. The summed E-state index contributed by atoms with van der Waals surface area (Å²) in [4.78, 5) is 6.58. The molecule has 1 spiro atoms. The third-order valence-corrected chi connectivity index (χ3v) is 8.05. The lowest BCUT2D eigenvalue weighted by Gasteiger charge is -2.57. The molecule has 4 heterocycles. The molecule has 2 saturated heterocycles. The first kappa shape index (κ1) is 21.2. The number of nitrogens with two attached hydrogens (primary N) is 1. The maximum atomic E-state index is 12.7. The van der Waals surface area contributed by atoms with Crippen LogP contribution in [-0.4, -0.2) is 57.4 Å². The van der Waals surface area contributed by atoms with Crippen LogP contribution in [0.1, 0.15) is 50.8 Å². The van der Waals surface area contributed by atoms with E-state index in [9.17, 15) is 13.2 Å². The standard InChI is InChI=1S/C23H28F3N5O2/c1-12(2)31-18(6-17(29-31)13-5-19(21(27)28-9-13)33-23(24,25)26)20-15-7-22(8-16(15)20)3-4-30(22)14-10-32-11-14/h5-6,9,12,14-16,20H,3-4,7-8,10-11H2,1-2H3,(H2,27,28)/t15-,16+,20?,22?. The number of nitrogen functional groups attached to an aromatic ring is 1. The number of ether oxygens (including phenoxy) is 2. The predicted molar refractivity (Wildman–Crippen MR) is 115 cm³/mol. The second kappa shape index (κ2) is 7.09. The van der Waals surface area contributed by atoms with Crippen LogP contribution in [-0.2, 0) is 4.74 Å². The van der Waals surface area contributed by atoms with Gasteiger partial charge in [0.05, 0.1) is 24.9 Å². The van der Waals surface area contributed by atoms with Crippen LogP contribution < -0.4 is 10.5 Å². The fourth-order valence-electron chi connectivity index (χ4n) is 6.38. The van der Waals surface area contributed by atoms with E-state index in [0.29, 0.717) is 40.6 Å². The summed E-state index contributed by atoms with van der Waals surface area (Å²) < 4.78 is 49.7. The normalized spacial score (nSPS) is 31.5. The minimum Gasteiger partial charge on any atom is -0.402 e. The Morgan fingerprint density at radius 3 is 2.48 bits per heavy atom. The molecule has 33 heavy (non-hydrogen) atoms. The lowest BCUT2D eigenvalue weighted by molar-refractivity contribution is -0.274. The quantitative estimate of drug-likeness (QED) is 0.723. The van der Waals surface area contributed by atoms with Gasteiger partial charge in [0.2, 0.25) is 0 Å². The van der Waals surface area contributed by atoms with Gasteiger partial charge in [0.15, 0.2) is 11.6 Å². The summed E-state index contributed by atoms with van der Waals surface area (Å²) in [6.07, 6.45) is 0.316. The van der Waals surface area contributed by atoms with Gasteiger partial charge in [0.25, 0.3) is 0 Å². The van der Waals surface area contributed by atoms with Crippen molar-refractivity contribution in [2.45, 2.75) is 63.0 Å². The van der Waals surface area contributed by atoms with Crippen LogP contribution in [0.2, 0.25) is 0 Å². The van der Waals surface area contributed by atoms with Crippen molar-refractivity contribution in [2.24, 2.45) is 11.8 Å². The summed E-state index contributed by atoms with van der Waals surface area (Å²) in [6.45, 7) is 7.05. The number of fused-ring (bicyclic) bond motifs is 1. The van der Waals surface area contributed by atoms with Gasteiger partial charge in [-0.25, -0.2) is 4.98 Å². The molecule has 2 unspecified atom stereocenters. The number of alkyl halides is 3. The van der Waals surface area contributed by atoms with E-state index >= 15 is 0 Å². The molecule has 4 atom stereocenters. The monoisotopic (exact) mass is 463 g/mol. The van der Waals surface area contributed by atoms with E-state index in [1.165, 1.54) is 38.1 Å². The van der Waals surface area contributed by atoms with Gasteiger partial charge in [0, 0.05) is 41.5 Å². The molecule has 2 aliphatic carbocycles. The Labute approximate surface area is 190 Å². The van der Waals surface area contributed by atoms with Crippen molar-refractivity contribution in [1.82, 2.24) is 19.7 Å². The summed E-state index contributed by atoms with van der Waals surface area (Å²) in [7, 11) is 0. The number of likely N-dealkylation sites (tertiary alicyclic amines) is 1. The van der Waals surface area contributed by atoms with E-state index in [0.717, 1.165) is 18.9 Å². The molecule has 4 fully saturated rings. The van der Waals surface area contributed by atoms with Crippen molar-refractivity contribution in [2.75, 3.05) is 25.5 Å². The average Bonchev–Trinajstić information content (AvgIpc) is 3.06. The van der Waals surface area contributed by atoms with E-state index in [2.05, 4.69) is 28.5 Å². The molecule has 0 amide bonds. The first-order valence-corrected chi connectivity index (χ1v) is 11.6. The minimum absolute atomic E-state index is 0.143. The van der Waals surface area contributed by atoms with E-state index < -0.39 is 12.1 Å². The van der Waals surface area contributed by atoms with Crippen molar-refractivity contribution in [1.29, 1.82) is 0 Å². The van der Waals surface area contributed by atoms with Gasteiger partial charge >= 0.3 is 6.36 Å². The Bertz CT molecular complexity index is 1070. The van der Waals surface area contributed by atoms with Crippen molar-refractivity contribution >= 4 is 5.82 Å². The molecule has 2 aromatic rings. The third-order valence-electron chi connectivity index (χ3n) is 8.05. The molecular weight excluding hydrogens is 435 g/mol. The fraction of sp³-hybridized carbons (Fsp3) is 0.652. The maximum Gasteiger partial charge on any atom is 0.573 e. The van der Waals surface area contributed by atoms with Crippen LogP contribution in [0.5, 0.6) is 5.75 Å². The van der Waals surface area contributed by atoms with Crippen molar-refractivity contribution in [3.63, 3.8) is 0 Å². The largest absolute Gasteiger partial charge is 0.573 e. The Morgan fingerprint density at radius 2 is 1.94 bits per heavy atom. The molecule has 0 aromatic carbocycles. The van der Waals surface area contributed by atoms with E-state index in [1.807, 2.05) is 10.7 Å². The lowest BCUT2D eigenvalue weighted by atomic mass is 9.77. The number of halogens is 3. The first-order valence-electron chi connectivity index (χ1n) is 11.6. The molecule has 10 heteroatoms. The average molecular weight is 464 g/mol. The Kier molecular flexibility index (Phi) is 4.56. The van der Waals surface area contributed by atoms with E-state index in [1.54, 1.807) is 0 Å². The number of nitrogens with zero attached hydrogens (tertiary/aromatic N) is 4. The summed E-state index contributed by atoms with van der Waals surface area (Å²) in [6, 6.07) is 4.01. The summed E-state index contributed by atoms with van der Waals surface area (Å²) in [5, 5.41) is 4.74. The van der Waals surface area contributed by atoms with Crippen LogP contribution in [0, 0.1) is 11.8 Å². The number of hydrogen-bond donors (Lipinski definition) is 1. The zero-order chi connectivity index (χ0) is 23.1. The molecule has 178 valence electrons. The first-order chi connectivity index (χ1) is 15.7. The maximum absolute atomic E-state index is 12.7. The Hall–Kier alpha value is -2.33. The fourth-order valence-corrected chi connectivity index (χ4v) is 6.38. The van der Waals surface area contributed by atoms with Crippen molar-refractivity contribution in [3.05, 3.63) is 24.0 Å². The van der Waals surface area contributed by atoms with Gasteiger partial charge in [0.1, 0.15) is 0 Å². The highest BCUT2D eigenvalue weighted by molar-refractivity contribution is 5.64. The van der Waals surface area contributed by atoms with Crippen LogP contribution in [0.15, 0.2) is 18.3 Å². The molecule has 2 saturated carbocycles. The van der Waals surface area contributed by atoms with Gasteiger partial charge in [-0.15, -0.1) is 13.2 Å². The number of aromatic nitrogens is 3. The molecule has 0 bridgehead atoms. The van der Waals surface area contributed by atoms with Crippen LogP contribution >= 0.6 is 0 Å². The molecule has 7 nitrogen and oxygen atoms in total. The summed E-state index contributed by atoms with van der Waals surface area (Å²) in [5.74, 6) is 0.931. The SMILES string of the molecule is CC(C)n1nc(-c2cnc(N)c(OC(F)(F)F)c2)cc1C1[C@H]2CC3(CCN3C3COC3)C[C@@H]12. The van der Waals surface area contributed by atoms with E-state index in [4.69, 9.17) is 15.6 Å². The zero-order valence-corrected chi connectivity index (χ0v) is 18.7. The number of rotatable bonds is 5. The van der Waals surface area contributed by atoms with Gasteiger partial charge < -0.3 is 15.2 Å². The third kappa shape index (κ3) is 3.41. The summed E-state index contributed by atoms with van der Waals surface area (Å²) in [5.41, 5.74) is 8.17. The minimum atomic E-state index is -4.83. The van der Waals surface area contributed by atoms with Gasteiger partial charge in [-0.2, -0.15) is 5.10 Å². The second-order valence-electron chi connectivity index (χ2n) is 10.3. The molecule has 2 N–H and O–H groups in total. The van der Waals surface area contributed by atoms with Gasteiger partial charge in [-0.3, -0.25) is 9.58 Å². The smallest absolute Gasteiger partial charge is 0.402 e. The van der Waals surface area contributed by atoms with Crippen molar-refractivity contribution in [3.8, 4) is 17.0 Å². The zero-order valence-electron chi connectivity index (χ0n) is 18.7. The van der Waals surface area contributed by atoms with Crippen LogP contribution in [0.4, 0.5) is 19.0 Å². The molecule has 4 aliphatic rings. The van der Waals surface area contributed by atoms with Gasteiger partial charge in [-0.1, -0.05) is 0 Å². The van der Waals surface area contributed by atoms with Crippen molar-refractivity contribution < 1.29 is 22.6 Å². The second-order valence-corrected chi connectivity index (χ2v) is 10.3. The number of hydrogen-bond acceptors (Lipinski definition) is 6. The Morgan fingerprint density at radius 1 is 1.21 bits per heavy atom. The number of pyridine rings is 1. The van der Waals surface area contributed by atoms with Gasteiger partial charge in [-0.05, 0) is 57.1 Å². The summed E-state index contributed by atoms with van der Waals surface area (Å²) >= 11 is 0. The molecular formula is C23H28F3N5O2.